The van der Waals surface area contributed by atoms with Crippen molar-refractivity contribution in [3.05, 3.63) is 34.3 Å². The molecule has 0 aromatic heterocycles. The third kappa shape index (κ3) is 3.25. The zero-order valence-corrected chi connectivity index (χ0v) is 9.60. The number of benzene rings is 1. The Morgan fingerprint density at radius 2 is 2.00 bits per heavy atom. The van der Waals surface area contributed by atoms with Gasteiger partial charge >= 0.3 is 6.09 Å². The first-order chi connectivity index (χ1) is 7.00. The van der Waals surface area contributed by atoms with Gasteiger partial charge in [0.2, 0.25) is 0 Å². The largest absolute Gasteiger partial charge is 0.464 e. The minimum Gasteiger partial charge on any atom is -0.464 e. The Hall–Kier alpha value is -1.56. The summed E-state index contributed by atoms with van der Waals surface area (Å²) in [7, 11) is 1.31. The van der Waals surface area contributed by atoms with Crippen molar-refractivity contribution in [2.75, 3.05) is 7.05 Å². The summed E-state index contributed by atoms with van der Waals surface area (Å²) in [6.07, 6.45) is -1.16. The highest BCUT2D eigenvalue weighted by molar-refractivity contribution is 9.10. The van der Waals surface area contributed by atoms with Crippen LogP contribution in [0.25, 0.3) is 0 Å². The van der Waals surface area contributed by atoms with Crippen LogP contribution in [0.15, 0.2) is 33.8 Å². The molecule has 1 amide bonds. The normalized spacial score (nSPS) is 11.2. The summed E-state index contributed by atoms with van der Waals surface area (Å²) in [6.45, 7) is 0. The Labute approximate surface area is 95.3 Å². The predicted octanol–water partition coefficient (Wildman–Crippen LogP) is 1.68. The minimum absolute atomic E-state index is 0.160. The molecule has 0 radical (unpaired) electrons. The maximum absolute atomic E-state index is 10.5. The SMILES string of the molecule is CN(N=C(N)c1ccc(Br)cc1)C(=O)O. The molecule has 15 heavy (non-hydrogen) atoms. The van der Waals surface area contributed by atoms with E-state index >= 15 is 0 Å². The molecule has 80 valence electrons. The van der Waals surface area contributed by atoms with Gasteiger partial charge in [-0.1, -0.05) is 28.1 Å². The molecule has 0 heterocycles. The highest BCUT2D eigenvalue weighted by Gasteiger charge is 2.05. The van der Waals surface area contributed by atoms with Crippen LogP contribution in [0, 0.1) is 0 Å². The van der Waals surface area contributed by atoms with Gasteiger partial charge in [-0.05, 0) is 12.1 Å². The number of halogens is 1. The summed E-state index contributed by atoms with van der Waals surface area (Å²) >= 11 is 3.28. The van der Waals surface area contributed by atoms with Crippen molar-refractivity contribution in [1.82, 2.24) is 5.01 Å². The minimum atomic E-state index is -1.16. The molecule has 0 aliphatic rings. The summed E-state index contributed by atoms with van der Waals surface area (Å²) in [5.74, 6) is 0.160. The lowest BCUT2D eigenvalue weighted by Gasteiger charge is -2.07. The molecule has 0 spiro atoms. The van der Waals surface area contributed by atoms with Crippen molar-refractivity contribution in [2.24, 2.45) is 10.8 Å². The molecule has 1 aromatic rings. The Morgan fingerprint density at radius 3 is 2.47 bits per heavy atom. The lowest BCUT2D eigenvalue weighted by Crippen LogP contribution is -2.24. The van der Waals surface area contributed by atoms with Crippen molar-refractivity contribution in [2.45, 2.75) is 0 Å². The Balaban J connectivity index is 2.89. The number of amides is 1. The molecule has 1 aromatic carbocycles. The van der Waals surface area contributed by atoms with E-state index in [1.807, 2.05) is 0 Å². The summed E-state index contributed by atoms with van der Waals surface area (Å²) in [6, 6.07) is 7.11. The maximum Gasteiger partial charge on any atom is 0.427 e. The van der Waals surface area contributed by atoms with Gasteiger partial charge in [-0.3, -0.25) is 0 Å². The third-order valence-corrected chi connectivity index (χ3v) is 2.20. The van der Waals surface area contributed by atoms with Gasteiger partial charge in [0, 0.05) is 17.1 Å². The third-order valence-electron chi connectivity index (χ3n) is 1.67. The van der Waals surface area contributed by atoms with E-state index in [4.69, 9.17) is 10.8 Å². The molecule has 0 saturated heterocycles. The van der Waals surface area contributed by atoms with Crippen LogP contribution in [0.5, 0.6) is 0 Å². The summed E-state index contributed by atoms with van der Waals surface area (Å²) < 4.78 is 0.922. The van der Waals surface area contributed by atoms with Crippen LogP contribution in [-0.4, -0.2) is 29.1 Å². The Morgan fingerprint density at radius 1 is 1.47 bits per heavy atom. The average molecular weight is 272 g/mol. The fraction of sp³-hybridized carbons (Fsp3) is 0.111. The molecular weight excluding hydrogens is 262 g/mol. The molecule has 0 saturated carbocycles. The average Bonchev–Trinajstić information content (AvgIpc) is 2.18. The first-order valence-corrected chi connectivity index (χ1v) is 4.86. The first-order valence-electron chi connectivity index (χ1n) is 4.07. The zero-order chi connectivity index (χ0) is 11.4. The van der Waals surface area contributed by atoms with Crippen LogP contribution in [-0.2, 0) is 0 Å². The van der Waals surface area contributed by atoms with Crippen LogP contribution in [0.3, 0.4) is 0 Å². The van der Waals surface area contributed by atoms with E-state index in [0.717, 1.165) is 9.48 Å². The molecule has 0 unspecified atom stereocenters. The number of hydrogen-bond acceptors (Lipinski definition) is 2. The zero-order valence-electron chi connectivity index (χ0n) is 8.01. The standard InChI is InChI=1S/C9H10BrN3O2/c1-13(9(14)15)12-8(11)6-2-4-7(10)5-3-6/h2-5H,1H3,(H2,11,12)(H,14,15). The monoisotopic (exact) mass is 271 g/mol. The van der Waals surface area contributed by atoms with Gasteiger partial charge in [-0.25, -0.2) is 4.79 Å². The van der Waals surface area contributed by atoms with Crippen molar-refractivity contribution in [3.63, 3.8) is 0 Å². The number of hydrazone groups is 1. The van der Waals surface area contributed by atoms with E-state index in [9.17, 15) is 4.79 Å². The number of nitrogens with zero attached hydrogens (tertiary/aromatic N) is 2. The molecule has 6 heteroatoms. The molecule has 0 fully saturated rings. The number of nitrogens with two attached hydrogens (primary N) is 1. The van der Waals surface area contributed by atoms with E-state index in [1.165, 1.54) is 7.05 Å². The molecule has 0 atom stereocenters. The lowest BCUT2D eigenvalue weighted by molar-refractivity contribution is 0.157. The second-order valence-corrected chi connectivity index (χ2v) is 3.71. The molecule has 0 aliphatic heterocycles. The van der Waals surface area contributed by atoms with E-state index < -0.39 is 6.09 Å². The fourth-order valence-corrected chi connectivity index (χ4v) is 1.15. The van der Waals surface area contributed by atoms with E-state index in [2.05, 4.69) is 21.0 Å². The van der Waals surface area contributed by atoms with Gasteiger partial charge in [0.25, 0.3) is 0 Å². The van der Waals surface area contributed by atoms with Gasteiger partial charge in [0.1, 0.15) is 0 Å². The van der Waals surface area contributed by atoms with E-state index in [1.54, 1.807) is 24.3 Å². The van der Waals surface area contributed by atoms with Gasteiger partial charge in [0.05, 0.1) is 0 Å². The smallest absolute Gasteiger partial charge is 0.427 e. The summed E-state index contributed by atoms with van der Waals surface area (Å²) in [5.41, 5.74) is 6.29. The fourth-order valence-electron chi connectivity index (χ4n) is 0.883. The molecule has 0 aliphatic carbocycles. The van der Waals surface area contributed by atoms with Crippen LogP contribution in [0.4, 0.5) is 4.79 Å². The number of carboxylic acid groups (broad SMARTS) is 1. The molecule has 5 nitrogen and oxygen atoms in total. The van der Waals surface area contributed by atoms with Crippen molar-refractivity contribution in [1.29, 1.82) is 0 Å². The van der Waals surface area contributed by atoms with Crippen LogP contribution in [0.1, 0.15) is 5.56 Å². The van der Waals surface area contributed by atoms with Crippen LogP contribution < -0.4 is 5.73 Å². The molecular formula is C9H10BrN3O2. The summed E-state index contributed by atoms with van der Waals surface area (Å²) in [4.78, 5) is 10.5. The number of amidine groups is 1. The van der Waals surface area contributed by atoms with E-state index in [0.29, 0.717) is 5.56 Å². The van der Waals surface area contributed by atoms with Crippen molar-refractivity contribution < 1.29 is 9.90 Å². The van der Waals surface area contributed by atoms with Crippen LogP contribution in [0.2, 0.25) is 0 Å². The Bertz CT molecular complexity index is 389. The van der Waals surface area contributed by atoms with Crippen molar-refractivity contribution >= 4 is 27.9 Å². The molecule has 0 bridgehead atoms. The van der Waals surface area contributed by atoms with E-state index in [-0.39, 0.29) is 5.84 Å². The highest BCUT2D eigenvalue weighted by atomic mass is 79.9. The van der Waals surface area contributed by atoms with Gasteiger partial charge in [0.15, 0.2) is 5.84 Å². The van der Waals surface area contributed by atoms with Gasteiger partial charge in [-0.2, -0.15) is 5.01 Å². The second-order valence-electron chi connectivity index (χ2n) is 2.80. The topological polar surface area (TPSA) is 78.9 Å². The van der Waals surface area contributed by atoms with Gasteiger partial charge < -0.3 is 10.8 Å². The lowest BCUT2D eigenvalue weighted by atomic mass is 10.2. The molecule has 3 N–H and O–H groups in total. The first kappa shape index (κ1) is 11.5. The summed E-state index contributed by atoms with van der Waals surface area (Å²) in [5, 5.41) is 13.0. The van der Waals surface area contributed by atoms with Gasteiger partial charge in [-0.15, -0.1) is 5.10 Å². The highest BCUT2D eigenvalue weighted by Crippen LogP contribution is 2.10. The maximum atomic E-state index is 10.5. The molecule has 1 rings (SSSR count). The Kier molecular flexibility index (Phi) is 3.68. The number of hydrogen-bond donors (Lipinski definition) is 2. The quantitative estimate of drug-likeness (QED) is 0.488. The number of carbonyl (C=O) groups is 1. The number of rotatable bonds is 2. The van der Waals surface area contributed by atoms with Crippen molar-refractivity contribution in [3.8, 4) is 0 Å². The van der Waals surface area contributed by atoms with Crippen LogP contribution >= 0.6 is 15.9 Å². The predicted molar refractivity (Wildman–Crippen MR) is 60.7 cm³/mol. The second kappa shape index (κ2) is 4.79.